The quantitative estimate of drug-likeness (QED) is 0.597. The van der Waals surface area contributed by atoms with E-state index in [4.69, 9.17) is 5.26 Å². The van der Waals surface area contributed by atoms with E-state index in [0.717, 1.165) is 12.8 Å². The SMILES string of the molecule is CCC(C#N)CCC(C)=O. The third kappa shape index (κ3) is 4.08. The molecule has 0 heterocycles. The molecular weight excluding hydrogens is 126 g/mol. The number of carbonyl (C=O) groups is 1. The molecule has 56 valence electrons. The van der Waals surface area contributed by atoms with Gasteiger partial charge in [-0.05, 0) is 19.8 Å². The van der Waals surface area contributed by atoms with Gasteiger partial charge in [0.05, 0.1) is 6.07 Å². The summed E-state index contributed by atoms with van der Waals surface area (Å²) in [7, 11) is 0. The van der Waals surface area contributed by atoms with Gasteiger partial charge in [-0.2, -0.15) is 5.26 Å². The molecule has 0 saturated carbocycles. The predicted octanol–water partition coefficient (Wildman–Crippen LogP) is 1.91. The van der Waals surface area contributed by atoms with Crippen LogP contribution in [0.1, 0.15) is 33.1 Å². The van der Waals surface area contributed by atoms with Gasteiger partial charge >= 0.3 is 0 Å². The Kier molecular flexibility index (Phi) is 4.57. The second-order valence-electron chi connectivity index (χ2n) is 2.47. The molecule has 0 radical (unpaired) electrons. The van der Waals surface area contributed by atoms with Crippen LogP contribution in [0.4, 0.5) is 0 Å². The van der Waals surface area contributed by atoms with Crippen molar-refractivity contribution >= 4 is 5.78 Å². The Bertz CT molecular complexity index is 146. The summed E-state index contributed by atoms with van der Waals surface area (Å²) in [5, 5.41) is 8.48. The molecule has 0 rings (SSSR count). The molecule has 1 atom stereocenters. The number of ketones is 1. The highest BCUT2D eigenvalue weighted by Crippen LogP contribution is 2.08. The average molecular weight is 139 g/mol. The Balaban J connectivity index is 3.47. The summed E-state index contributed by atoms with van der Waals surface area (Å²) in [4.78, 5) is 10.5. The minimum Gasteiger partial charge on any atom is -0.300 e. The van der Waals surface area contributed by atoms with Gasteiger partial charge in [0, 0.05) is 12.3 Å². The normalized spacial score (nSPS) is 12.1. The largest absolute Gasteiger partial charge is 0.300 e. The Labute approximate surface area is 61.8 Å². The van der Waals surface area contributed by atoms with Gasteiger partial charge in [0.25, 0.3) is 0 Å². The number of hydrogen-bond acceptors (Lipinski definition) is 2. The van der Waals surface area contributed by atoms with Gasteiger partial charge in [-0.15, -0.1) is 0 Å². The zero-order chi connectivity index (χ0) is 7.98. The summed E-state index contributed by atoms with van der Waals surface area (Å²) in [6.07, 6.45) is 2.12. The van der Waals surface area contributed by atoms with Gasteiger partial charge in [0.1, 0.15) is 5.78 Å². The van der Waals surface area contributed by atoms with Gasteiger partial charge in [0.15, 0.2) is 0 Å². The van der Waals surface area contributed by atoms with Crippen LogP contribution in [0.25, 0.3) is 0 Å². The first-order valence-corrected chi connectivity index (χ1v) is 3.59. The highest BCUT2D eigenvalue weighted by molar-refractivity contribution is 5.75. The Morgan fingerprint density at radius 1 is 1.70 bits per heavy atom. The molecule has 0 spiro atoms. The van der Waals surface area contributed by atoms with Crippen molar-refractivity contribution in [3.05, 3.63) is 0 Å². The molecule has 0 saturated heterocycles. The monoisotopic (exact) mass is 139 g/mol. The fraction of sp³-hybridized carbons (Fsp3) is 0.750. The fourth-order valence-corrected chi connectivity index (χ4v) is 0.737. The number of rotatable bonds is 4. The molecule has 0 aromatic heterocycles. The van der Waals surface area contributed by atoms with E-state index in [1.165, 1.54) is 0 Å². The van der Waals surface area contributed by atoms with Crippen LogP contribution in [0.5, 0.6) is 0 Å². The van der Waals surface area contributed by atoms with Crippen LogP contribution in [0.15, 0.2) is 0 Å². The second kappa shape index (κ2) is 4.99. The molecular formula is C8H13NO. The number of Topliss-reactive ketones (excluding diaryl/α,β-unsaturated/α-hetero) is 1. The Hall–Kier alpha value is -0.840. The highest BCUT2D eigenvalue weighted by atomic mass is 16.1. The summed E-state index contributed by atoms with van der Waals surface area (Å²) >= 11 is 0. The summed E-state index contributed by atoms with van der Waals surface area (Å²) in [6.45, 7) is 3.53. The van der Waals surface area contributed by atoms with Crippen molar-refractivity contribution in [3.8, 4) is 6.07 Å². The Morgan fingerprint density at radius 3 is 2.60 bits per heavy atom. The van der Waals surface area contributed by atoms with E-state index in [9.17, 15) is 4.79 Å². The van der Waals surface area contributed by atoms with Gasteiger partial charge in [0.2, 0.25) is 0 Å². The van der Waals surface area contributed by atoms with Crippen molar-refractivity contribution in [2.75, 3.05) is 0 Å². The predicted molar refractivity (Wildman–Crippen MR) is 39.3 cm³/mol. The lowest BCUT2D eigenvalue weighted by Crippen LogP contribution is -1.98. The summed E-state index contributed by atoms with van der Waals surface area (Å²) in [5.74, 6) is 0.248. The first-order valence-electron chi connectivity index (χ1n) is 3.59. The second-order valence-corrected chi connectivity index (χ2v) is 2.47. The van der Waals surface area contributed by atoms with Crippen LogP contribution in [-0.2, 0) is 4.79 Å². The average Bonchev–Trinajstić information content (AvgIpc) is 1.90. The van der Waals surface area contributed by atoms with Crippen LogP contribution in [0.3, 0.4) is 0 Å². The zero-order valence-electron chi connectivity index (χ0n) is 6.55. The minimum absolute atomic E-state index is 0.0731. The van der Waals surface area contributed by atoms with E-state index >= 15 is 0 Å². The Morgan fingerprint density at radius 2 is 2.30 bits per heavy atom. The van der Waals surface area contributed by atoms with E-state index in [-0.39, 0.29) is 11.7 Å². The van der Waals surface area contributed by atoms with Crippen molar-refractivity contribution in [3.63, 3.8) is 0 Å². The van der Waals surface area contributed by atoms with Crippen molar-refractivity contribution in [2.45, 2.75) is 33.1 Å². The number of hydrogen-bond donors (Lipinski definition) is 0. The lowest BCUT2D eigenvalue weighted by Gasteiger charge is -2.01. The molecule has 2 heteroatoms. The fourth-order valence-electron chi connectivity index (χ4n) is 0.737. The van der Waals surface area contributed by atoms with Gasteiger partial charge in [-0.3, -0.25) is 0 Å². The molecule has 0 aliphatic heterocycles. The maximum atomic E-state index is 10.5. The summed E-state index contributed by atoms with van der Waals surface area (Å²) in [5.41, 5.74) is 0. The lowest BCUT2D eigenvalue weighted by molar-refractivity contribution is -0.117. The topological polar surface area (TPSA) is 40.9 Å². The van der Waals surface area contributed by atoms with Crippen molar-refractivity contribution in [2.24, 2.45) is 5.92 Å². The number of nitriles is 1. The van der Waals surface area contributed by atoms with Crippen LogP contribution in [0, 0.1) is 17.2 Å². The molecule has 0 fully saturated rings. The van der Waals surface area contributed by atoms with Gasteiger partial charge in [-0.25, -0.2) is 0 Å². The molecule has 2 nitrogen and oxygen atoms in total. The first kappa shape index (κ1) is 9.16. The van der Waals surface area contributed by atoms with Crippen molar-refractivity contribution in [1.29, 1.82) is 5.26 Å². The number of nitrogens with zero attached hydrogens (tertiary/aromatic N) is 1. The number of carbonyl (C=O) groups excluding carboxylic acids is 1. The highest BCUT2D eigenvalue weighted by Gasteiger charge is 2.04. The van der Waals surface area contributed by atoms with Crippen molar-refractivity contribution in [1.82, 2.24) is 0 Å². The lowest BCUT2D eigenvalue weighted by atomic mass is 10.0. The van der Waals surface area contributed by atoms with E-state index in [1.54, 1.807) is 6.92 Å². The van der Waals surface area contributed by atoms with E-state index < -0.39 is 0 Å². The molecule has 0 bridgehead atoms. The van der Waals surface area contributed by atoms with Crippen LogP contribution >= 0.6 is 0 Å². The summed E-state index contributed by atoms with van der Waals surface area (Å²) in [6, 6.07) is 2.15. The maximum absolute atomic E-state index is 10.5. The molecule has 0 aliphatic rings. The maximum Gasteiger partial charge on any atom is 0.129 e. The molecule has 0 aromatic carbocycles. The molecule has 0 aromatic rings. The molecule has 10 heavy (non-hydrogen) atoms. The van der Waals surface area contributed by atoms with Gasteiger partial charge in [-0.1, -0.05) is 6.92 Å². The third-order valence-corrected chi connectivity index (χ3v) is 1.52. The van der Waals surface area contributed by atoms with Crippen LogP contribution in [0.2, 0.25) is 0 Å². The standard InChI is InChI=1S/C8H13NO/c1-3-8(6-9)5-4-7(2)10/h8H,3-5H2,1-2H3. The van der Waals surface area contributed by atoms with E-state index in [2.05, 4.69) is 6.07 Å². The van der Waals surface area contributed by atoms with Crippen LogP contribution in [-0.4, -0.2) is 5.78 Å². The molecule has 0 N–H and O–H groups in total. The third-order valence-electron chi connectivity index (χ3n) is 1.52. The smallest absolute Gasteiger partial charge is 0.129 e. The summed E-state index contributed by atoms with van der Waals surface area (Å²) < 4.78 is 0. The van der Waals surface area contributed by atoms with Crippen molar-refractivity contribution < 1.29 is 4.79 Å². The first-order chi connectivity index (χ1) is 4.70. The molecule has 0 amide bonds. The van der Waals surface area contributed by atoms with Gasteiger partial charge < -0.3 is 4.79 Å². The van der Waals surface area contributed by atoms with E-state index in [0.29, 0.717) is 6.42 Å². The molecule has 0 aliphatic carbocycles. The van der Waals surface area contributed by atoms with Crippen LogP contribution < -0.4 is 0 Å². The minimum atomic E-state index is 0.0731. The molecule has 1 unspecified atom stereocenters. The zero-order valence-corrected chi connectivity index (χ0v) is 6.55. The van der Waals surface area contributed by atoms with E-state index in [1.807, 2.05) is 6.92 Å².